The van der Waals surface area contributed by atoms with Gasteiger partial charge in [-0.05, 0) is 42.2 Å². The van der Waals surface area contributed by atoms with Crippen molar-refractivity contribution in [2.24, 2.45) is 0 Å². The van der Waals surface area contributed by atoms with E-state index >= 15 is 0 Å². The molecule has 2 aromatic rings. The van der Waals surface area contributed by atoms with Gasteiger partial charge >= 0.3 is 0 Å². The quantitative estimate of drug-likeness (QED) is 0.673. The van der Waals surface area contributed by atoms with E-state index in [2.05, 4.69) is 0 Å². The van der Waals surface area contributed by atoms with Crippen LogP contribution in [0.3, 0.4) is 0 Å². The fraction of sp³-hybridized carbons (Fsp3) is 0.300. The lowest BCUT2D eigenvalue weighted by Crippen LogP contribution is -2.32. The summed E-state index contributed by atoms with van der Waals surface area (Å²) in [7, 11) is 0. The van der Waals surface area contributed by atoms with Crippen molar-refractivity contribution in [3.05, 3.63) is 64.7 Å². The zero-order valence-electron chi connectivity index (χ0n) is 14.5. The number of hydrogen-bond donors (Lipinski definition) is 0. The minimum atomic E-state index is -0.380. The van der Waals surface area contributed by atoms with Crippen molar-refractivity contribution in [1.82, 2.24) is 4.90 Å². The molecule has 0 saturated carbocycles. The average Bonchev–Trinajstić information content (AvgIpc) is 2.90. The second-order valence-electron chi connectivity index (χ2n) is 6.09. The number of carbonyl (C=O) groups excluding carboxylic acids is 2. The molecule has 2 aromatic carbocycles. The van der Waals surface area contributed by atoms with Crippen LogP contribution in [0, 0.1) is 0 Å². The van der Waals surface area contributed by atoms with Crippen LogP contribution in [-0.4, -0.2) is 27.8 Å². The van der Waals surface area contributed by atoms with Crippen LogP contribution >= 0.6 is 23.4 Å². The van der Waals surface area contributed by atoms with Gasteiger partial charge in [0.2, 0.25) is 5.91 Å². The fourth-order valence-electron chi connectivity index (χ4n) is 2.81. The van der Waals surface area contributed by atoms with Gasteiger partial charge in [-0.1, -0.05) is 60.6 Å². The molecule has 0 radical (unpaired) electrons. The summed E-state index contributed by atoms with van der Waals surface area (Å²) in [5, 5.41) is 0.156. The molecule has 136 valence electrons. The first kappa shape index (κ1) is 18.8. The van der Waals surface area contributed by atoms with E-state index in [-0.39, 0.29) is 16.4 Å². The van der Waals surface area contributed by atoms with Crippen LogP contribution in [0.25, 0.3) is 0 Å². The van der Waals surface area contributed by atoms with E-state index < -0.39 is 0 Å². The average molecular weight is 390 g/mol. The zero-order chi connectivity index (χ0) is 18.5. The molecule has 2 amide bonds. The number of rotatable bonds is 7. The summed E-state index contributed by atoms with van der Waals surface area (Å²) in [5.74, 6) is 0.631. The van der Waals surface area contributed by atoms with Crippen LogP contribution < -0.4 is 4.74 Å². The molecule has 0 N–H and O–H groups in total. The molecule has 1 heterocycles. The van der Waals surface area contributed by atoms with Gasteiger partial charge in [-0.3, -0.25) is 14.5 Å². The van der Waals surface area contributed by atoms with Crippen LogP contribution in [0.15, 0.2) is 48.5 Å². The summed E-state index contributed by atoms with van der Waals surface area (Å²) in [6.45, 7) is 2.86. The molecule has 26 heavy (non-hydrogen) atoms. The number of imide groups is 1. The molecule has 6 heteroatoms. The maximum atomic E-state index is 12.5. The molecule has 0 aromatic heterocycles. The lowest BCUT2D eigenvalue weighted by Gasteiger charge is -2.14. The van der Waals surface area contributed by atoms with E-state index in [1.807, 2.05) is 55.5 Å². The third-order valence-corrected chi connectivity index (χ3v) is 5.46. The molecule has 1 fully saturated rings. The van der Waals surface area contributed by atoms with Crippen LogP contribution in [0.2, 0.25) is 5.02 Å². The molecule has 1 atom stereocenters. The molecule has 3 rings (SSSR count). The second kappa shape index (κ2) is 8.60. The molecule has 1 aliphatic heterocycles. The SMILES string of the molecule is CCCN1C(=O)S[C@@H](Cc2ccccc2OCc2ccc(Cl)cc2)C1=O. The monoisotopic (exact) mass is 389 g/mol. The summed E-state index contributed by atoms with van der Waals surface area (Å²) in [5.41, 5.74) is 1.94. The first-order valence-corrected chi connectivity index (χ1v) is 9.81. The first-order chi connectivity index (χ1) is 12.6. The molecular weight excluding hydrogens is 370 g/mol. The molecule has 0 aliphatic carbocycles. The number of amides is 2. The Morgan fingerprint density at radius 2 is 1.85 bits per heavy atom. The molecule has 0 spiro atoms. The van der Waals surface area contributed by atoms with E-state index in [0.29, 0.717) is 24.6 Å². The van der Waals surface area contributed by atoms with Crippen LogP contribution in [0.4, 0.5) is 4.79 Å². The predicted octanol–water partition coefficient (Wildman–Crippen LogP) is 4.94. The van der Waals surface area contributed by atoms with Crippen LogP contribution in [0.1, 0.15) is 24.5 Å². The Morgan fingerprint density at radius 3 is 2.58 bits per heavy atom. The molecule has 0 bridgehead atoms. The summed E-state index contributed by atoms with van der Waals surface area (Å²) in [6, 6.07) is 15.1. The lowest BCUT2D eigenvalue weighted by atomic mass is 10.1. The maximum Gasteiger partial charge on any atom is 0.289 e. The number of nitrogens with zero attached hydrogens (tertiary/aromatic N) is 1. The predicted molar refractivity (Wildman–Crippen MR) is 105 cm³/mol. The summed E-state index contributed by atoms with van der Waals surface area (Å²) < 4.78 is 5.95. The number of thioether (sulfide) groups is 1. The minimum absolute atomic E-state index is 0.102. The Morgan fingerprint density at radius 1 is 1.12 bits per heavy atom. The van der Waals surface area contributed by atoms with Gasteiger partial charge in [0.15, 0.2) is 0 Å². The number of para-hydroxylation sites is 1. The Balaban J connectivity index is 1.68. The smallest absolute Gasteiger partial charge is 0.289 e. The van der Waals surface area contributed by atoms with Gasteiger partial charge in [0.05, 0.1) is 5.25 Å². The Bertz CT molecular complexity index is 794. The highest BCUT2D eigenvalue weighted by molar-refractivity contribution is 8.15. The number of halogens is 1. The van der Waals surface area contributed by atoms with Gasteiger partial charge in [-0.2, -0.15) is 0 Å². The molecular formula is C20H20ClNO3S. The second-order valence-corrected chi connectivity index (χ2v) is 7.68. The fourth-order valence-corrected chi connectivity index (χ4v) is 3.98. The number of benzene rings is 2. The number of ether oxygens (including phenoxy) is 1. The van der Waals surface area contributed by atoms with Crippen LogP contribution in [0.5, 0.6) is 5.75 Å². The minimum Gasteiger partial charge on any atom is -0.489 e. The van der Waals surface area contributed by atoms with Gasteiger partial charge in [-0.15, -0.1) is 0 Å². The van der Waals surface area contributed by atoms with Crippen molar-refractivity contribution in [1.29, 1.82) is 0 Å². The van der Waals surface area contributed by atoms with Crippen molar-refractivity contribution >= 4 is 34.5 Å². The highest BCUT2D eigenvalue weighted by atomic mass is 35.5. The van der Waals surface area contributed by atoms with Gasteiger partial charge < -0.3 is 4.74 Å². The molecule has 0 unspecified atom stereocenters. The van der Waals surface area contributed by atoms with E-state index in [9.17, 15) is 9.59 Å². The van der Waals surface area contributed by atoms with Crippen molar-refractivity contribution in [2.75, 3.05) is 6.54 Å². The molecule has 1 saturated heterocycles. The highest BCUT2D eigenvalue weighted by Crippen LogP contribution is 2.32. The lowest BCUT2D eigenvalue weighted by molar-refractivity contribution is -0.126. The van der Waals surface area contributed by atoms with E-state index in [1.165, 1.54) is 4.90 Å². The first-order valence-electron chi connectivity index (χ1n) is 8.55. The Labute approximate surface area is 162 Å². The van der Waals surface area contributed by atoms with Crippen molar-refractivity contribution < 1.29 is 14.3 Å². The largest absolute Gasteiger partial charge is 0.489 e. The Kier molecular flexibility index (Phi) is 6.22. The normalized spacial score (nSPS) is 17.0. The topological polar surface area (TPSA) is 46.6 Å². The maximum absolute atomic E-state index is 12.5. The van der Waals surface area contributed by atoms with Crippen LogP contribution in [-0.2, 0) is 17.8 Å². The zero-order valence-corrected chi connectivity index (χ0v) is 16.1. The van der Waals surface area contributed by atoms with E-state index in [1.54, 1.807) is 0 Å². The van der Waals surface area contributed by atoms with Crippen molar-refractivity contribution in [2.45, 2.75) is 31.6 Å². The van der Waals surface area contributed by atoms with E-state index in [4.69, 9.17) is 16.3 Å². The number of hydrogen-bond acceptors (Lipinski definition) is 4. The van der Waals surface area contributed by atoms with Gasteiger partial charge in [-0.25, -0.2) is 0 Å². The van der Waals surface area contributed by atoms with Crippen molar-refractivity contribution in [3.8, 4) is 5.75 Å². The van der Waals surface area contributed by atoms with Crippen molar-refractivity contribution in [3.63, 3.8) is 0 Å². The molecule has 1 aliphatic rings. The standard InChI is InChI=1S/C20H20ClNO3S/c1-2-11-22-19(23)18(26-20(22)24)12-15-5-3-4-6-17(15)25-13-14-7-9-16(21)10-8-14/h3-10,18H,2,11-13H2,1H3/t18-/m0/s1. The molecule has 4 nitrogen and oxygen atoms in total. The highest BCUT2D eigenvalue weighted by Gasteiger charge is 2.39. The van der Waals surface area contributed by atoms with Gasteiger partial charge in [0.25, 0.3) is 5.24 Å². The number of carbonyl (C=O) groups is 2. The Hall–Kier alpha value is -1.98. The summed E-state index contributed by atoms with van der Waals surface area (Å²) in [6.07, 6.45) is 1.25. The van der Waals surface area contributed by atoms with E-state index in [0.717, 1.165) is 35.1 Å². The summed E-state index contributed by atoms with van der Waals surface area (Å²) in [4.78, 5) is 25.8. The third-order valence-electron chi connectivity index (χ3n) is 4.14. The third kappa shape index (κ3) is 4.40. The van der Waals surface area contributed by atoms with Gasteiger partial charge in [0, 0.05) is 11.6 Å². The van der Waals surface area contributed by atoms with Gasteiger partial charge in [0.1, 0.15) is 12.4 Å². The summed E-state index contributed by atoms with van der Waals surface area (Å²) >= 11 is 7.01.